The number of nitrogens with one attached hydrogen (secondary N) is 1. The Kier molecular flexibility index (Phi) is 5.25. The second-order valence-electron chi connectivity index (χ2n) is 4.16. The fourth-order valence-electron chi connectivity index (χ4n) is 1.75. The predicted octanol–water partition coefficient (Wildman–Crippen LogP) is 3.13. The number of carbonyl (C=O) groups excluding carboxylic acids is 1. The van der Waals surface area contributed by atoms with Crippen LogP contribution in [0.3, 0.4) is 0 Å². The van der Waals surface area contributed by atoms with E-state index in [-0.39, 0.29) is 12.5 Å². The molecule has 4 heteroatoms. The van der Waals surface area contributed by atoms with Gasteiger partial charge in [0, 0.05) is 0 Å². The Hall–Kier alpha value is -2.44. The van der Waals surface area contributed by atoms with Gasteiger partial charge >= 0.3 is 0 Å². The van der Waals surface area contributed by atoms with Crippen LogP contribution in [0.5, 0.6) is 5.75 Å². The number of amides is 1. The summed E-state index contributed by atoms with van der Waals surface area (Å²) in [5.74, 6) is 6.32. The fraction of sp³-hybridized carbons (Fsp3) is 0.118. The molecule has 0 unspecified atom stereocenters. The van der Waals surface area contributed by atoms with Gasteiger partial charge in [0.15, 0.2) is 0 Å². The first-order valence-electron chi connectivity index (χ1n) is 6.37. The van der Waals surface area contributed by atoms with E-state index >= 15 is 0 Å². The van der Waals surface area contributed by atoms with Gasteiger partial charge in [0.05, 0.1) is 29.8 Å². The molecule has 0 aliphatic rings. The van der Waals surface area contributed by atoms with E-state index in [0.717, 1.165) is 5.56 Å². The normalized spacial score (nSPS) is 9.43. The van der Waals surface area contributed by atoms with Gasteiger partial charge in [-0.2, -0.15) is 0 Å². The monoisotopic (exact) mass is 299 g/mol. The van der Waals surface area contributed by atoms with Crippen LogP contribution in [0.25, 0.3) is 0 Å². The van der Waals surface area contributed by atoms with Gasteiger partial charge in [0.1, 0.15) is 5.75 Å². The quantitative estimate of drug-likeness (QED) is 0.884. The molecule has 106 valence electrons. The number of rotatable bonds is 3. The number of hydrogen-bond donors (Lipinski definition) is 1. The molecule has 0 fully saturated rings. The molecule has 0 heterocycles. The molecule has 3 nitrogen and oxygen atoms in total. The predicted molar refractivity (Wildman–Crippen MR) is 83.7 cm³/mol. The smallest absolute Gasteiger partial charge is 0.253 e. The van der Waals surface area contributed by atoms with Gasteiger partial charge in [-0.05, 0) is 24.3 Å². The summed E-state index contributed by atoms with van der Waals surface area (Å²) in [5, 5.41) is 3.13. The van der Waals surface area contributed by atoms with E-state index in [0.29, 0.717) is 16.3 Å². The maximum Gasteiger partial charge on any atom is 0.253 e. The molecule has 2 aromatic rings. The molecule has 0 saturated carbocycles. The molecule has 1 N–H and O–H groups in total. The zero-order chi connectivity index (χ0) is 15.1. The zero-order valence-corrected chi connectivity index (χ0v) is 12.3. The Bertz CT molecular complexity index is 701. The summed E-state index contributed by atoms with van der Waals surface area (Å²) < 4.78 is 5.20. The lowest BCUT2D eigenvalue weighted by Crippen LogP contribution is -2.23. The summed E-state index contributed by atoms with van der Waals surface area (Å²) in [6.45, 7) is 0.238. The summed E-state index contributed by atoms with van der Waals surface area (Å²) in [6.07, 6.45) is 0. The number of carbonyl (C=O) groups is 1. The van der Waals surface area contributed by atoms with E-state index in [2.05, 4.69) is 17.2 Å². The van der Waals surface area contributed by atoms with Gasteiger partial charge in [-0.15, -0.1) is 0 Å². The number of halogens is 1. The first-order valence-corrected chi connectivity index (χ1v) is 6.75. The highest BCUT2D eigenvalue weighted by Gasteiger charge is 2.07. The zero-order valence-electron chi connectivity index (χ0n) is 11.5. The standard InChI is InChI=1S/C17H14ClNO2/c1-21-16-11-5-2-7-13(16)8-6-12-19-17(20)14-9-3-4-10-15(14)18/h2-5,7,9-11H,12H2,1H3,(H,19,20). The Labute approximate surface area is 128 Å². The van der Waals surface area contributed by atoms with Crippen LogP contribution >= 0.6 is 11.6 Å². The van der Waals surface area contributed by atoms with Crippen LogP contribution in [0.15, 0.2) is 48.5 Å². The SMILES string of the molecule is COc1ccccc1C#CCNC(=O)c1ccccc1Cl. The van der Waals surface area contributed by atoms with Crippen molar-refractivity contribution in [3.8, 4) is 17.6 Å². The van der Waals surface area contributed by atoms with Crippen molar-refractivity contribution in [1.29, 1.82) is 0 Å². The Balaban J connectivity index is 1.98. The van der Waals surface area contributed by atoms with Gasteiger partial charge in [-0.25, -0.2) is 0 Å². The first kappa shape index (κ1) is 15.0. The lowest BCUT2D eigenvalue weighted by atomic mass is 10.2. The van der Waals surface area contributed by atoms with Gasteiger partial charge in [-0.3, -0.25) is 4.79 Å². The van der Waals surface area contributed by atoms with Crippen LogP contribution < -0.4 is 10.1 Å². The highest BCUT2D eigenvalue weighted by molar-refractivity contribution is 6.33. The first-order chi connectivity index (χ1) is 10.2. The molecule has 0 aliphatic heterocycles. The summed E-state index contributed by atoms with van der Waals surface area (Å²) in [4.78, 5) is 11.9. The van der Waals surface area contributed by atoms with Gasteiger partial charge in [0.2, 0.25) is 0 Å². The minimum absolute atomic E-state index is 0.238. The van der Waals surface area contributed by atoms with Crippen molar-refractivity contribution in [3.05, 3.63) is 64.7 Å². The van der Waals surface area contributed by atoms with Gasteiger partial charge in [0.25, 0.3) is 5.91 Å². The maximum atomic E-state index is 11.9. The van der Waals surface area contributed by atoms with E-state index < -0.39 is 0 Å². The minimum Gasteiger partial charge on any atom is -0.495 e. The lowest BCUT2D eigenvalue weighted by Gasteiger charge is -2.03. The van der Waals surface area contributed by atoms with E-state index in [4.69, 9.17) is 16.3 Å². The average Bonchev–Trinajstić information content (AvgIpc) is 2.52. The maximum absolute atomic E-state index is 11.9. The fourth-order valence-corrected chi connectivity index (χ4v) is 1.97. The molecule has 0 aliphatic carbocycles. The molecule has 2 rings (SSSR count). The summed E-state index contributed by atoms with van der Waals surface area (Å²) in [7, 11) is 1.60. The minimum atomic E-state index is -0.241. The molecule has 0 radical (unpaired) electrons. The summed E-state index contributed by atoms with van der Waals surface area (Å²) in [6, 6.07) is 14.4. The molecule has 2 aromatic carbocycles. The van der Waals surface area contributed by atoms with Crippen LogP contribution in [-0.4, -0.2) is 19.6 Å². The molecular formula is C17H14ClNO2. The molecule has 21 heavy (non-hydrogen) atoms. The van der Waals surface area contributed by atoms with E-state index in [1.807, 2.05) is 24.3 Å². The molecule has 0 spiro atoms. The Morgan fingerprint density at radius 2 is 1.90 bits per heavy atom. The summed E-state index contributed by atoms with van der Waals surface area (Å²) >= 11 is 5.95. The number of benzene rings is 2. The van der Waals surface area contributed by atoms with E-state index in [1.54, 1.807) is 31.4 Å². The topological polar surface area (TPSA) is 38.3 Å². The van der Waals surface area contributed by atoms with Crippen LogP contribution in [0, 0.1) is 11.8 Å². The van der Waals surface area contributed by atoms with Crippen LogP contribution in [0.4, 0.5) is 0 Å². The third kappa shape index (κ3) is 4.01. The van der Waals surface area contributed by atoms with Crippen molar-refractivity contribution < 1.29 is 9.53 Å². The molecule has 1 amide bonds. The highest BCUT2D eigenvalue weighted by atomic mass is 35.5. The van der Waals surface area contributed by atoms with E-state index in [9.17, 15) is 4.79 Å². The lowest BCUT2D eigenvalue weighted by molar-refractivity contribution is 0.0959. The molecule has 0 atom stereocenters. The highest BCUT2D eigenvalue weighted by Crippen LogP contribution is 2.15. The molecule has 0 saturated heterocycles. The van der Waals surface area contributed by atoms with Crippen molar-refractivity contribution in [2.24, 2.45) is 0 Å². The molecule has 0 bridgehead atoms. The van der Waals surface area contributed by atoms with Crippen LogP contribution in [0.1, 0.15) is 15.9 Å². The van der Waals surface area contributed by atoms with Crippen molar-refractivity contribution >= 4 is 17.5 Å². The number of methoxy groups -OCH3 is 1. The average molecular weight is 300 g/mol. The van der Waals surface area contributed by atoms with Crippen LogP contribution in [0.2, 0.25) is 5.02 Å². The Morgan fingerprint density at radius 1 is 1.19 bits per heavy atom. The van der Waals surface area contributed by atoms with E-state index in [1.165, 1.54) is 0 Å². The Morgan fingerprint density at radius 3 is 2.67 bits per heavy atom. The van der Waals surface area contributed by atoms with Crippen molar-refractivity contribution in [2.45, 2.75) is 0 Å². The number of hydrogen-bond acceptors (Lipinski definition) is 2. The molecular weight excluding hydrogens is 286 g/mol. The number of para-hydroxylation sites is 1. The van der Waals surface area contributed by atoms with Crippen LogP contribution in [-0.2, 0) is 0 Å². The van der Waals surface area contributed by atoms with Crippen molar-refractivity contribution in [3.63, 3.8) is 0 Å². The number of ether oxygens (including phenoxy) is 1. The summed E-state index contributed by atoms with van der Waals surface area (Å²) in [5.41, 5.74) is 1.23. The second-order valence-corrected chi connectivity index (χ2v) is 4.57. The van der Waals surface area contributed by atoms with Crippen molar-refractivity contribution in [2.75, 3.05) is 13.7 Å². The third-order valence-corrected chi connectivity index (χ3v) is 3.12. The van der Waals surface area contributed by atoms with Crippen molar-refractivity contribution in [1.82, 2.24) is 5.32 Å². The van der Waals surface area contributed by atoms with Gasteiger partial charge in [-0.1, -0.05) is 47.7 Å². The second kappa shape index (κ2) is 7.37. The third-order valence-electron chi connectivity index (χ3n) is 2.79. The largest absolute Gasteiger partial charge is 0.495 e. The molecule has 0 aromatic heterocycles. The van der Waals surface area contributed by atoms with Gasteiger partial charge < -0.3 is 10.1 Å².